The van der Waals surface area contributed by atoms with Crippen LogP contribution in [-0.4, -0.2) is 44.3 Å². The lowest BCUT2D eigenvalue weighted by molar-refractivity contribution is -0.139. The van der Waals surface area contributed by atoms with E-state index in [2.05, 4.69) is 0 Å². The van der Waals surface area contributed by atoms with Gasteiger partial charge in [-0.1, -0.05) is 82.8 Å². The molecule has 0 spiro atoms. The van der Waals surface area contributed by atoms with Crippen LogP contribution in [-0.2, 0) is 19.2 Å². The highest BCUT2D eigenvalue weighted by Gasteiger charge is 2.87. The number of carbonyl (C=O) groups excluding carboxylic acids is 4. The van der Waals surface area contributed by atoms with Crippen molar-refractivity contribution in [1.82, 2.24) is 0 Å². The van der Waals surface area contributed by atoms with Gasteiger partial charge < -0.3 is 9.64 Å². The smallest absolute Gasteiger partial charge is 0.316 e. The number of aryl methyl sites for hydroxylation is 1. The van der Waals surface area contributed by atoms with Gasteiger partial charge in [0.05, 0.1) is 39.2 Å². The van der Waals surface area contributed by atoms with Crippen LogP contribution in [0.3, 0.4) is 0 Å². The maximum atomic E-state index is 13.7. The van der Waals surface area contributed by atoms with E-state index in [0.717, 1.165) is 21.4 Å². The first-order valence-electron chi connectivity index (χ1n) is 13.5. The number of hydrogen-bond acceptors (Lipinski definition) is 5. The second-order valence-electron chi connectivity index (χ2n) is 11.4. The highest BCUT2D eigenvalue weighted by molar-refractivity contribution is 6.67. The summed E-state index contributed by atoms with van der Waals surface area (Å²) in [5, 5.41) is 1.55. The Balaban J connectivity index is 1.11. The summed E-state index contributed by atoms with van der Waals surface area (Å²) in [5.41, 5.74) is 1.41. The van der Waals surface area contributed by atoms with Crippen molar-refractivity contribution >= 4 is 115 Å². The van der Waals surface area contributed by atoms with Gasteiger partial charge in [-0.15, -0.1) is 23.2 Å². The molecule has 2 aliphatic heterocycles. The highest BCUT2D eigenvalue weighted by Crippen LogP contribution is 2.77. The Morgan fingerprint density at radius 2 is 1.45 bits per heavy atom. The van der Waals surface area contributed by atoms with Crippen molar-refractivity contribution in [2.75, 3.05) is 16.3 Å². The zero-order chi connectivity index (χ0) is 31.5. The van der Waals surface area contributed by atoms with Crippen molar-refractivity contribution in [3.05, 3.63) is 76.3 Å². The third-order valence-corrected chi connectivity index (χ3v) is 13.3. The Kier molecular flexibility index (Phi) is 6.84. The Morgan fingerprint density at radius 1 is 0.841 bits per heavy atom. The van der Waals surface area contributed by atoms with Crippen LogP contribution >= 0.6 is 69.6 Å². The molecule has 0 aromatic heterocycles. The van der Waals surface area contributed by atoms with E-state index < -0.39 is 49.6 Å². The van der Waals surface area contributed by atoms with Gasteiger partial charge in [0.1, 0.15) is 15.5 Å². The SMILES string of the molecule is Cc1cc(OC(=O)[C@H]2CC(=O)N(c3cccc4ccccc34)C2)ccc1N1C(=O)[C@@H]2[C@H](C1=O)[C@@]1(Cl)C(Cl)=C(Cl)[C@@]2(Cl)C1(Cl)Cl. The van der Waals surface area contributed by atoms with Crippen LogP contribution in [0.4, 0.5) is 11.4 Å². The van der Waals surface area contributed by atoms with E-state index in [-0.39, 0.29) is 40.4 Å². The van der Waals surface area contributed by atoms with Crippen LogP contribution in [0.1, 0.15) is 12.0 Å². The topological polar surface area (TPSA) is 84.0 Å². The monoisotopic (exact) mass is 710 g/mol. The molecule has 4 aliphatic rings. The van der Waals surface area contributed by atoms with Crippen LogP contribution in [0, 0.1) is 24.7 Å². The number of benzene rings is 3. The van der Waals surface area contributed by atoms with Crippen molar-refractivity contribution in [3.63, 3.8) is 0 Å². The molecule has 3 aromatic carbocycles. The molecule has 5 atom stereocenters. The van der Waals surface area contributed by atoms with Crippen molar-refractivity contribution < 1.29 is 23.9 Å². The van der Waals surface area contributed by atoms with Crippen LogP contribution in [0.25, 0.3) is 10.8 Å². The number of rotatable bonds is 4. The van der Waals surface area contributed by atoms with E-state index in [1.54, 1.807) is 11.8 Å². The summed E-state index contributed by atoms with van der Waals surface area (Å²) in [6.45, 7) is 1.82. The predicted molar refractivity (Wildman–Crippen MR) is 171 cm³/mol. The first-order valence-corrected chi connectivity index (χ1v) is 15.8. The van der Waals surface area contributed by atoms with Crippen molar-refractivity contribution in [1.29, 1.82) is 0 Å². The van der Waals surface area contributed by atoms with Gasteiger partial charge in [-0.05, 0) is 42.1 Å². The van der Waals surface area contributed by atoms with E-state index in [1.165, 1.54) is 18.2 Å². The normalized spacial score (nSPS) is 30.6. The lowest BCUT2D eigenvalue weighted by Crippen LogP contribution is -2.50. The lowest BCUT2D eigenvalue weighted by Gasteiger charge is -2.34. The molecule has 44 heavy (non-hydrogen) atoms. The van der Waals surface area contributed by atoms with E-state index >= 15 is 0 Å². The molecule has 2 bridgehead atoms. The predicted octanol–water partition coefficient (Wildman–Crippen LogP) is 7.06. The average Bonchev–Trinajstić information content (AvgIpc) is 3.58. The molecule has 0 radical (unpaired) electrons. The van der Waals surface area contributed by atoms with Gasteiger partial charge in [0.15, 0.2) is 4.33 Å². The van der Waals surface area contributed by atoms with Gasteiger partial charge in [0, 0.05) is 18.4 Å². The van der Waals surface area contributed by atoms with E-state index in [0.29, 0.717) is 5.56 Å². The van der Waals surface area contributed by atoms with Crippen molar-refractivity contribution in [3.8, 4) is 5.75 Å². The highest BCUT2D eigenvalue weighted by atomic mass is 35.5. The third kappa shape index (κ3) is 3.71. The number of anilines is 2. The fourth-order valence-corrected chi connectivity index (χ4v) is 9.85. The number of alkyl halides is 4. The summed E-state index contributed by atoms with van der Waals surface area (Å²) in [5.74, 6) is -5.15. The summed E-state index contributed by atoms with van der Waals surface area (Å²) in [7, 11) is 0. The third-order valence-electron chi connectivity index (χ3n) is 9.05. The number of allylic oxidation sites excluding steroid dienone is 2. The van der Waals surface area contributed by atoms with Crippen LogP contribution in [0.2, 0.25) is 0 Å². The molecule has 2 aliphatic carbocycles. The molecular formula is C31H20Cl6N2O5. The number of amides is 3. The molecule has 2 saturated heterocycles. The number of imide groups is 1. The Bertz CT molecular complexity index is 1830. The summed E-state index contributed by atoms with van der Waals surface area (Å²) >= 11 is 39.5. The second-order valence-corrected chi connectivity index (χ2v) is 14.6. The maximum absolute atomic E-state index is 13.7. The number of hydrogen-bond donors (Lipinski definition) is 0. The maximum Gasteiger partial charge on any atom is 0.316 e. The number of carbonyl (C=O) groups is 4. The minimum absolute atomic E-state index is 0.000813. The van der Waals surface area contributed by atoms with Crippen LogP contribution in [0.5, 0.6) is 5.75 Å². The van der Waals surface area contributed by atoms with E-state index in [4.69, 9.17) is 74.3 Å². The molecule has 7 rings (SSSR count). The average molecular weight is 713 g/mol. The molecule has 3 fully saturated rings. The molecule has 1 saturated carbocycles. The van der Waals surface area contributed by atoms with Crippen molar-refractivity contribution in [2.45, 2.75) is 27.4 Å². The summed E-state index contributed by atoms with van der Waals surface area (Å²) in [6, 6.07) is 17.9. The standard InChI is InChI=1S/C31H20Cl6N2O5/c1-14-11-17(44-28(43)16-12-21(40)38(13-16)20-8-4-6-15-5-2-3-7-18(15)20)9-10-19(14)39-26(41)22-23(27(39)42)30(35)25(33)24(32)29(22,34)31(30,36)37/h2-11,16,22-23H,12-13H2,1H3/t16-,22-,23+,29+,30+/m0/s1. The van der Waals surface area contributed by atoms with Gasteiger partial charge >= 0.3 is 5.97 Å². The molecule has 7 nitrogen and oxygen atoms in total. The number of ether oxygens (including phenoxy) is 1. The molecule has 13 heteroatoms. The number of nitrogens with zero attached hydrogens (tertiary/aromatic N) is 2. The number of fused-ring (bicyclic) bond motifs is 6. The minimum Gasteiger partial charge on any atom is -0.426 e. The van der Waals surface area contributed by atoms with Gasteiger partial charge in [0.2, 0.25) is 17.7 Å². The van der Waals surface area contributed by atoms with Crippen LogP contribution < -0.4 is 14.5 Å². The molecule has 226 valence electrons. The number of halogens is 6. The number of esters is 1. The molecule has 0 N–H and O–H groups in total. The molecule has 3 aromatic rings. The van der Waals surface area contributed by atoms with Crippen LogP contribution in [0.15, 0.2) is 70.7 Å². The fraction of sp³-hybridized carbons (Fsp3) is 0.290. The largest absolute Gasteiger partial charge is 0.426 e. The molecule has 3 amide bonds. The first kappa shape index (κ1) is 30.2. The fourth-order valence-electron chi connectivity index (χ4n) is 6.92. The Labute approximate surface area is 281 Å². The van der Waals surface area contributed by atoms with E-state index in [1.807, 2.05) is 42.5 Å². The molecule has 0 unspecified atom stereocenters. The summed E-state index contributed by atoms with van der Waals surface area (Å²) in [6.07, 6.45) is 0.000813. The minimum atomic E-state index is -2.03. The molecular weight excluding hydrogens is 693 g/mol. The zero-order valence-electron chi connectivity index (χ0n) is 22.6. The first-order chi connectivity index (χ1) is 20.7. The van der Waals surface area contributed by atoms with Crippen molar-refractivity contribution in [2.24, 2.45) is 17.8 Å². The van der Waals surface area contributed by atoms with Gasteiger partial charge in [-0.3, -0.25) is 19.2 Å². The Hall–Kier alpha value is -2.52. The molecule has 2 heterocycles. The Morgan fingerprint density at radius 3 is 2.09 bits per heavy atom. The van der Waals surface area contributed by atoms with Gasteiger partial charge in [-0.25, -0.2) is 4.90 Å². The summed E-state index contributed by atoms with van der Waals surface area (Å²) in [4.78, 5) is 52.3. The zero-order valence-corrected chi connectivity index (χ0v) is 27.2. The van der Waals surface area contributed by atoms with Gasteiger partial charge in [-0.2, -0.15) is 0 Å². The van der Waals surface area contributed by atoms with Gasteiger partial charge in [0.25, 0.3) is 0 Å². The summed E-state index contributed by atoms with van der Waals surface area (Å²) < 4.78 is 3.63. The van der Waals surface area contributed by atoms with E-state index in [9.17, 15) is 19.2 Å². The second kappa shape index (κ2) is 9.99. The lowest BCUT2D eigenvalue weighted by atomic mass is 9.84. The quantitative estimate of drug-likeness (QED) is 0.125.